The van der Waals surface area contributed by atoms with E-state index in [1.54, 1.807) is 32.0 Å². The Morgan fingerprint density at radius 1 is 0.570 bits per heavy atom. The van der Waals surface area contributed by atoms with E-state index in [4.69, 9.17) is 71.1 Å². The van der Waals surface area contributed by atoms with Gasteiger partial charge in [-0.3, -0.25) is 9.59 Å². The number of aliphatic imine (C=N–C) groups is 1. The zero-order valence-electron chi connectivity index (χ0n) is 64.3. The fourth-order valence-electron chi connectivity index (χ4n) is 19.0. The number of nitrogens with zero attached hydrogens (tertiary/aromatic N) is 1. The lowest BCUT2D eigenvalue weighted by Gasteiger charge is -2.64. The van der Waals surface area contributed by atoms with E-state index in [0.717, 1.165) is 17.6 Å². The topological polar surface area (TPSA) is 468 Å². The van der Waals surface area contributed by atoms with Crippen LogP contribution < -0.4 is 0 Å². The summed E-state index contributed by atoms with van der Waals surface area (Å²) < 4.78 is 127. The molecule has 36 heteroatoms. The molecule has 11 fully saturated rings. The summed E-state index contributed by atoms with van der Waals surface area (Å²) >= 11 is 0. The predicted octanol–water partition coefficient (Wildman–Crippen LogP) is 2.47. The number of benzene rings is 2. The molecule has 11 aliphatic rings. The van der Waals surface area contributed by atoms with Gasteiger partial charge in [-0.25, -0.2) is 4.99 Å². The fourth-order valence-corrected chi connectivity index (χ4v) is 19.2. The number of carbonyl (C=O) groups is 2. The van der Waals surface area contributed by atoms with Crippen molar-refractivity contribution in [2.45, 2.75) is 305 Å². The standard InChI is InChI=1S/C44H70O22.C18H22F3NO4.C15H21O5P.CH4/c1-17-12-43-10-6-22-41(3,8-5-9-42(22,4)40(58)65-38-33(57)30(54)26(50)20(14-46)61-38)23(43)7-11-44(17,16-43)66-39-35(64-36-31(55)28(52)24(48)18(2)59-36)34(27(51)21(15-47)62-39)63-37-32(56)29(53)25(49)19(13-45)60-37;1-10-11(2)15(25-13(4)23)16(24-12(10)3)26-17(18(19,20)21)22-14-8-6-5-7-9-14;1-9-12(16)15(18-8-21)19-11-7-17-14(20-13(9)11)10-5-3-2-4-6-10;/h18-39,45-57H,1,5-16H2,2-4H3;5-12,15-16H,1-4H3;2-6,9,11-16H,7-8,21H2,1H3;1H4/t18?,19?,20?,21?,22?,23-,24-,25+,26+,27+,28-,29-,30-,31?,32?,33?,34-,35?,36-,37-,38-,39-,41+,42+,43+,44?;10-,11+,12?,15?,16-;9-,11?,12?,13+,14?,15-;/m011./s1. The van der Waals surface area contributed by atoms with Crippen molar-refractivity contribution in [3.63, 3.8) is 0 Å². The van der Waals surface area contributed by atoms with Gasteiger partial charge in [-0.1, -0.05) is 96.7 Å². The molecule has 7 heterocycles. The quantitative estimate of drug-likeness (QED) is 0.0270. The summed E-state index contributed by atoms with van der Waals surface area (Å²) in [4.78, 5) is 29.2. The molecule has 0 amide bonds. The molecule has 1 spiro atoms. The van der Waals surface area contributed by atoms with E-state index in [1.165, 1.54) is 26.0 Å². The van der Waals surface area contributed by atoms with Crippen LogP contribution in [0.4, 0.5) is 18.9 Å². The normalized spacial score (nSPS) is 46.1. The highest BCUT2D eigenvalue weighted by atomic mass is 31.0. The van der Waals surface area contributed by atoms with Crippen LogP contribution in [0.2, 0.25) is 0 Å². The number of hydrogen-bond acceptors (Lipinski definition) is 32. The number of rotatable bonds is 17. The van der Waals surface area contributed by atoms with Crippen LogP contribution in [0.1, 0.15) is 132 Å². The molecule has 4 saturated carbocycles. The molecule has 2 aromatic rings. The third kappa shape index (κ3) is 18.8. The van der Waals surface area contributed by atoms with Gasteiger partial charge in [-0.05, 0) is 118 Å². The highest BCUT2D eigenvalue weighted by Gasteiger charge is 2.70. The second-order valence-electron chi connectivity index (χ2n) is 32.6. The Balaban J connectivity index is 0.000000232. The van der Waals surface area contributed by atoms with E-state index in [9.17, 15) is 94.3 Å². The van der Waals surface area contributed by atoms with Crippen LogP contribution in [-0.2, 0) is 80.6 Å². The van der Waals surface area contributed by atoms with Gasteiger partial charge in [0.1, 0.15) is 104 Å². The minimum atomic E-state index is -4.82. The molecule has 114 heavy (non-hydrogen) atoms. The first-order valence-corrected chi connectivity index (χ1v) is 39.5. The SMILES string of the molecule is C.C=C1C[C@@]23CCC4[C@](C)(C(=O)O[C@@H]5OC(CO)[C@@H](O)[C@H](O)C5O)CCC[C@@]4(C)[C@@H]2CCC1(O[C@@H]1OC(CO)[C@@H](O)[C@H](O[C@@H]2OC(CO)[C@@H](O)[C@H](O)C2O)C1O[C@@H]1OC(C)[C@H](O)[C@H](O)C1O)C3.CC(=O)OC1[C@@H](OC(=Nc2ccccc2)C(F)(F)F)OC(C)[C@H](C)[C@@H]1C.C[C@@H]1C(O)[C@H](OCP)OC2COC(c3ccccc3)O[C@H]21. The molecule has 32 nitrogen and oxygen atoms in total. The van der Waals surface area contributed by atoms with Crippen molar-refractivity contribution >= 4 is 32.8 Å². The molecule has 2 bridgehead atoms. The van der Waals surface area contributed by atoms with Gasteiger partial charge in [-0.2, -0.15) is 13.2 Å². The lowest BCUT2D eigenvalue weighted by Crippen LogP contribution is -2.67. The Bertz CT molecular complexity index is 3490. The third-order valence-electron chi connectivity index (χ3n) is 25.5. The molecule has 2 aromatic carbocycles. The van der Waals surface area contributed by atoms with Crippen molar-refractivity contribution in [1.29, 1.82) is 0 Å². The molecule has 16 unspecified atom stereocenters. The van der Waals surface area contributed by atoms with Gasteiger partial charge in [0.05, 0.1) is 67.8 Å². The summed E-state index contributed by atoms with van der Waals surface area (Å²) in [6, 6.07) is 17.4. The van der Waals surface area contributed by atoms with E-state index in [1.807, 2.05) is 51.1 Å². The second-order valence-corrected chi connectivity index (χ2v) is 32.9. The maximum atomic E-state index is 14.3. The van der Waals surface area contributed by atoms with Crippen molar-refractivity contribution in [1.82, 2.24) is 0 Å². The molecule has 7 aliphatic heterocycles. The molecule has 0 radical (unpaired) electrons. The zero-order valence-corrected chi connectivity index (χ0v) is 65.4. The maximum Gasteiger partial charge on any atom is 0.468 e. The van der Waals surface area contributed by atoms with Crippen molar-refractivity contribution in [2.24, 2.45) is 50.8 Å². The first kappa shape index (κ1) is 92.1. The van der Waals surface area contributed by atoms with Gasteiger partial charge >= 0.3 is 18.1 Å². The number of carbonyl (C=O) groups excluding carboxylic acids is 2. The average Bonchev–Trinajstić information content (AvgIpc) is 1.47. The van der Waals surface area contributed by atoms with Crippen LogP contribution in [0.5, 0.6) is 0 Å². The summed E-state index contributed by atoms with van der Waals surface area (Å²) in [5.41, 5.74) is -1.12. The van der Waals surface area contributed by atoms with Gasteiger partial charge in [0.15, 0.2) is 37.6 Å². The Kier molecular flexibility index (Phi) is 30.5. The Labute approximate surface area is 662 Å². The number of aliphatic hydroxyl groups is 14. The lowest BCUT2D eigenvalue weighted by atomic mass is 9.41. The molecular formula is C78H117F3NO31P. The molecule has 38 atom stereocenters. The molecule has 4 aliphatic carbocycles. The van der Waals surface area contributed by atoms with Crippen LogP contribution in [-0.4, -0.2) is 300 Å². The number of halogens is 3. The lowest BCUT2D eigenvalue weighted by molar-refractivity contribution is -0.398. The van der Waals surface area contributed by atoms with Crippen molar-refractivity contribution in [2.75, 3.05) is 32.8 Å². The summed E-state index contributed by atoms with van der Waals surface area (Å²) in [5, 5.41) is 148. The maximum absolute atomic E-state index is 14.3. The van der Waals surface area contributed by atoms with Gasteiger partial charge in [0, 0.05) is 24.3 Å². The monoisotopic (exact) mass is 1650 g/mol. The van der Waals surface area contributed by atoms with Crippen molar-refractivity contribution < 1.29 is 165 Å². The highest BCUT2D eigenvalue weighted by Crippen LogP contribution is 2.74. The molecule has 13 rings (SSSR count). The highest BCUT2D eigenvalue weighted by molar-refractivity contribution is 7.16. The van der Waals surface area contributed by atoms with Crippen LogP contribution in [0, 0.1) is 45.8 Å². The van der Waals surface area contributed by atoms with Gasteiger partial charge < -0.3 is 143 Å². The van der Waals surface area contributed by atoms with E-state index in [2.05, 4.69) is 27.7 Å². The van der Waals surface area contributed by atoms with Crippen LogP contribution in [0.25, 0.3) is 0 Å². The van der Waals surface area contributed by atoms with Crippen molar-refractivity contribution in [3.05, 3.63) is 78.4 Å². The molecule has 646 valence electrons. The van der Waals surface area contributed by atoms with Crippen molar-refractivity contribution in [3.8, 4) is 0 Å². The van der Waals surface area contributed by atoms with Crippen LogP contribution in [0.15, 0.2) is 77.8 Å². The van der Waals surface area contributed by atoms with Gasteiger partial charge in [-0.15, -0.1) is 9.24 Å². The third-order valence-corrected chi connectivity index (χ3v) is 25.7. The van der Waals surface area contributed by atoms with E-state index in [-0.39, 0.29) is 66.4 Å². The molecule has 0 aromatic heterocycles. The fraction of sp³-hybridized carbons (Fsp3) is 0.782. The molecule has 7 saturated heterocycles. The van der Waals surface area contributed by atoms with Crippen LogP contribution >= 0.6 is 9.24 Å². The number of para-hydroxylation sites is 1. The average molecular weight is 1650 g/mol. The summed E-state index contributed by atoms with van der Waals surface area (Å²) in [6.45, 7) is 16.7. The minimum absolute atomic E-state index is 0. The minimum Gasteiger partial charge on any atom is -0.456 e. The van der Waals surface area contributed by atoms with E-state index in [0.29, 0.717) is 64.3 Å². The number of alkyl halides is 3. The number of esters is 2. The first-order chi connectivity index (χ1) is 53.4. The number of hydrogen-bond donors (Lipinski definition) is 14. The summed E-state index contributed by atoms with van der Waals surface area (Å²) in [7, 11) is 2.46. The van der Waals surface area contributed by atoms with Gasteiger partial charge in [0.2, 0.25) is 12.6 Å². The van der Waals surface area contributed by atoms with Gasteiger partial charge in [0.25, 0.3) is 5.90 Å². The predicted molar refractivity (Wildman–Crippen MR) is 393 cm³/mol. The second kappa shape index (κ2) is 37.8. The molecular weight excluding hydrogens is 1530 g/mol. The first-order valence-electron chi connectivity index (χ1n) is 38.7. The van der Waals surface area contributed by atoms with Crippen LogP contribution in [0.3, 0.4) is 0 Å². The Hall–Kier alpha value is -4.23. The summed E-state index contributed by atoms with van der Waals surface area (Å²) in [5.74, 6) is -3.17. The Morgan fingerprint density at radius 3 is 1.73 bits per heavy atom. The number of fused-ring (bicyclic) bond motifs is 4. The van der Waals surface area contributed by atoms with E-state index < -0.39 is 214 Å². The number of aliphatic hydroxyl groups excluding tert-OH is 14. The zero-order chi connectivity index (χ0) is 82.3. The largest absolute Gasteiger partial charge is 0.468 e. The molecule has 14 N–H and O–H groups in total. The Morgan fingerprint density at radius 2 is 1.12 bits per heavy atom. The van der Waals surface area contributed by atoms with E-state index >= 15 is 0 Å². The smallest absolute Gasteiger partial charge is 0.456 e. The number of ether oxygens (including phenoxy) is 15. The summed E-state index contributed by atoms with van der Waals surface area (Å²) in [6.07, 6.45) is -36.7.